The average molecular weight is 488 g/mol. The maximum Gasteiger partial charge on any atom is 0.410 e. The highest BCUT2D eigenvalue weighted by atomic mass is 19.4. The molecule has 3 N–H and O–H groups in total. The Morgan fingerprint density at radius 2 is 1.91 bits per heavy atom. The molecule has 184 valence electrons. The standard InChI is InChI=1S/C24H23F3N4O4/c1-12-3-5-14(6-4-12)17-9-21(24(25,26)27)31-22(29-17)16(10-28-31)23(33)30-18-8-20-19(34-11-35-20)7-15(18)13(2)32/h3-8,10,13,17,21,29,32H,9,11H2,1-2H3,(H,30,33)/t13-,17+,21+/m1/s1. The Morgan fingerprint density at radius 1 is 1.23 bits per heavy atom. The Bertz CT molecular complexity index is 1270. The topological polar surface area (TPSA) is 97.6 Å². The average Bonchev–Trinajstić information content (AvgIpc) is 3.44. The molecule has 2 aromatic carbocycles. The number of aliphatic hydroxyl groups excluding tert-OH is 1. The Balaban J connectivity index is 1.50. The highest BCUT2D eigenvalue weighted by molar-refractivity contribution is 6.08. The van der Waals surface area contributed by atoms with Crippen LogP contribution in [0.5, 0.6) is 11.5 Å². The number of aryl methyl sites for hydroxylation is 1. The van der Waals surface area contributed by atoms with Gasteiger partial charge in [0, 0.05) is 18.1 Å². The van der Waals surface area contributed by atoms with Crippen molar-refractivity contribution < 1.29 is 32.5 Å². The second kappa shape index (κ2) is 8.49. The number of benzene rings is 2. The minimum atomic E-state index is -4.56. The molecule has 0 unspecified atom stereocenters. The van der Waals surface area contributed by atoms with E-state index in [0.29, 0.717) is 22.6 Å². The van der Waals surface area contributed by atoms with Gasteiger partial charge in [0.05, 0.1) is 24.0 Å². The molecule has 2 aliphatic heterocycles. The number of alkyl halides is 3. The number of aliphatic hydroxyl groups is 1. The number of nitrogens with zero attached hydrogens (tertiary/aromatic N) is 2. The zero-order valence-corrected chi connectivity index (χ0v) is 18.9. The smallest absolute Gasteiger partial charge is 0.410 e. The number of carbonyl (C=O) groups is 1. The van der Waals surface area contributed by atoms with E-state index in [4.69, 9.17) is 9.47 Å². The quantitative estimate of drug-likeness (QED) is 0.484. The number of ether oxygens (including phenoxy) is 2. The molecule has 0 aliphatic carbocycles. The van der Waals surface area contributed by atoms with E-state index < -0.39 is 30.3 Å². The summed E-state index contributed by atoms with van der Waals surface area (Å²) in [6, 6.07) is 7.70. The summed E-state index contributed by atoms with van der Waals surface area (Å²) < 4.78 is 53.4. The van der Waals surface area contributed by atoms with Crippen molar-refractivity contribution in [2.24, 2.45) is 0 Å². The number of hydrogen-bond acceptors (Lipinski definition) is 6. The molecule has 0 fully saturated rings. The second-order valence-electron chi connectivity index (χ2n) is 8.67. The van der Waals surface area contributed by atoms with E-state index in [9.17, 15) is 23.1 Å². The van der Waals surface area contributed by atoms with Crippen molar-refractivity contribution >= 4 is 17.4 Å². The zero-order chi connectivity index (χ0) is 24.9. The van der Waals surface area contributed by atoms with Crippen molar-refractivity contribution in [1.29, 1.82) is 0 Å². The normalized spacial score (nSPS) is 19.6. The molecule has 0 saturated heterocycles. The minimum Gasteiger partial charge on any atom is -0.454 e. The summed E-state index contributed by atoms with van der Waals surface area (Å²) in [5.41, 5.74) is 2.25. The first-order valence-electron chi connectivity index (χ1n) is 11.0. The monoisotopic (exact) mass is 488 g/mol. The van der Waals surface area contributed by atoms with Gasteiger partial charge in [-0.3, -0.25) is 4.79 Å². The van der Waals surface area contributed by atoms with Crippen LogP contribution >= 0.6 is 0 Å². The van der Waals surface area contributed by atoms with E-state index in [2.05, 4.69) is 15.7 Å². The highest BCUT2D eigenvalue weighted by Crippen LogP contribution is 2.45. The van der Waals surface area contributed by atoms with E-state index >= 15 is 0 Å². The molecule has 0 saturated carbocycles. The van der Waals surface area contributed by atoms with E-state index in [0.717, 1.165) is 16.4 Å². The van der Waals surface area contributed by atoms with Crippen LogP contribution in [0.15, 0.2) is 42.6 Å². The van der Waals surface area contributed by atoms with Gasteiger partial charge in [-0.25, -0.2) is 4.68 Å². The summed E-state index contributed by atoms with van der Waals surface area (Å²) in [7, 11) is 0. The number of rotatable bonds is 4. The number of anilines is 2. The number of amides is 1. The Labute approximate surface area is 198 Å². The summed E-state index contributed by atoms with van der Waals surface area (Å²) in [5.74, 6) is 0.111. The van der Waals surface area contributed by atoms with E-state index in [-0.39, 0.29) is 30.3 Å². The lowest BCUT2D eigenvalue weighted by Crippen LogP contribution is -2.36. The fourth-order valence-corrected chi connectivity index (χ4v) is 4.35. The van der Waals surface area contributed by atoms with Crippen LogP contribution in [0.2, 0.25) is 0 Å². The highest BCUT2D eigenvalue weighted by Gasteiger charge is 2.47. The first-order chi connectivity index (χ1) is 16.6. The fraction of sp³-hybridized carbons (Fsp3) is 0.333. The van der Waals surface area contributed by atoms with Crippen LogP contribution in [-0.4, -0.2) is 33.8 Å². The number of halogens is 3. The van der Waals surface area contributed by atoms with Gasteiger partial charge in [0.25, 0.3) is 5.91 Å². The lowest BCUT2D eigenvalue weighted by molar-refractivity contribution is -0.173. The molecular weight excluding hydrogens is 465 g/mol. The molecule has 35 heavy (non-hydrogen) atoms. The van der Waals surface area contributed by atoms with Crippen LogP contribution in [0, 0.1) is 6.92 Å². The molecule has 3 atom stereocenters. The molecule has 3 heterocycles. The van der Waals surface area contributed by atoms with Crippen molar-refractivity contribution in [2.75, 3.05) is 17.4 Å². The first kappa shape index (κ1) is 23.0. The molecule has 0 radical (unpaired) electrons. The van der Waals surface area contributed by atoms with Gasteiger partial charge in [0.1, 0.15) is 11.4 Å². The van der Waals surface area contributed by atoms with E-state index in [1.807, 2.05) is 19.1 Å². The third-order valence-corrected chi connectivity index (χ3v) is 6.21. The molecule has 8 nitrogen and oxygen atoms in total. The van der Waals surface area contributed by atoms with Crippen LogP contribution in [-0.2, 0) is 0 Å². The maximum absolute atomic E-state index is 14.0. The predicted octanol–water partition coefficient (Wildman–Crippen LogP) is 4.89. The molecule has 11 heteroatoms. The summed E-state index contributed by atoms with van der Waals surface area (Å²) >= 11 is 0. The molecular formula is C24H23F3N4O4. The summed E-state index contributed by atoms with van der Waals surface area (Å²) in [4.78, 5) is 13.2. The van der Waals surface area contributed by atoms with Crippen molar-refractivity contribution in [3.63, 3.8) is 0 Å². The maximum atomic E-state index is 14.0. The Hall–Kier alpha value is -3.73. The predicted molar refractivity (Wildman–Crippen MR) is 121 cm³/mol. The zero-order valence-electron chi connectivity index (χ0n) is 18.9. The number of carbonyl (C=O) groups excluding carboxylic acids is 1. The molecule has 0 spiro atoms. The third kappa shape index (κ3) is 4.27. The van der Waals surface area contributed by atoms with Crippen LogP contribution in [0.3, 0.4) is 0 Å². The van der Waals surface area contributed by atoms with Crippen LogP contribution in [0.1, 0.15) is 58.6 Å². The lowest BCUT2D eigenvalue weighted by Gasteiger charge is -2.34. The SMILES string of the molecule is Cc1ccc([C@@H]2C[C@@H](C(F)(F)F)n3ncc(C(=O)Nc4cc5c(cc4[C@@H](C)O)OCO5)c3N2)cc1. The van der Waals surface area contributed by atoms with Crippen LogP contribution in [0.25, 0.3) is 0 Å². The van der Waals surface area contributed by atoms with Gasteiger partial charge in [-0.15, -0.1) is 0 Å². The molecule has 3 aromatic rings. The van der Waals surface area contributed by atoms with E-state index in [1.165, 1.54) is 13.0 Å². The molecule has 0 bridgehead atoms. The molecule has 2 aliphatic rings. The fourth-order valence-electron chi connectivity index (χ4n) is 4.35. The van der Waals surface area contributed by atoms with E-state index in [1.54, 1.807) is 18.2 Å². The third-order valence-electron chi connectivity index (χ3n) is 6.21. The van der Waals surface area contributed by atoms with Gasteiger partial charge >= 0.3 is 6.18 Å². The van der Waals surface area contributed by atoms with Gasteiger partial charge in [0.15, 0.2) is 17.5 Å². The summed E-state index contributed by atoms with van der Waals surface area (Å²) in [5, 5.41) is 19.8. The molecule has 1 amide bonds. The van der Waals surface area contributed by atoms with Crippen molar-refractivity contribution in [3.05, 3.63) is 64.8 Å². The van der Waals surface area contributed by atoms with Gasteiger partial charge in [-0.05, 0) is 25.5 Å². The Morgan fingerprint density at radius 3 is 2.57 bits per heavy atom. The molecule has 1 aromatic heterocycles. The van der Waals surface area contributed by atoms with Crippen molar-refractivity contribution in [1.82, 2.24) is 9.78 Å². The van der Waals surface area contributed by atoms with Crippen molar-refractivity contribution in [2.45, 2.75) is 44.6 Å². The molecule has 5 rings (SSSR count). The van der Waals surface area contributed by atoms with Gasteiger partial charge in [-0.1, -0.05) is 29.8 Å². The van der Waals surface area contributed by atoms with Gasteiger partial charge in [0.2, 0.25) is 6.79 Å². The van der Waals surface area contributed by atoms with Gasteiger partial charge < -0.3 is 25.2 Å². The largest absolute Gasteiger partial charge is 0.454 e. The number of nitrogens with one attached hydrogen (secondary N) is 2. The number of aromatic nitrogens is 2. The van der Waals surface area contributed by atoms with Gasteiger partial charge in [-0.2, -0.15) is 18.3 Å². The second-order valence-corrected chi connectivity index (χ2v) is 8.67. The minimum absolute atomic E-state index is 0.00600. The van der Waals surface area contributed by atoms with Crippen LogP contribution < -0.4 is 20.1 Å². The first-order valence-corrected chi connectivity index (χ1v) is 11.0. The lowest BCUT2D eigenvalue weighted by atomic mass is 9.96. The summed E-state index contributed by atoms with van der Waals surface area (Å²) in [6.45, 7) is 3.43. The van der Waals surface area contributed by atoms with Crippen molar-refractivity contribution in [3.8, 4) is 11.5 Å². The van der Waals surface area contributed by atoms with Crippen LogP contribution in [0.4, 0.5) is 24.7 Å². The number of fused-ring (bicyclic) bond motifs is 2. The Kier molecular flexibility index (Phi) is 5.59. The summed E-state index contributed by atoms with van der Waals surface area (Å²) in [6.07, 6.45) is -4.66. The number of hydrogen-bond donors (Lipinski definition) is 3.